The second kappa shape index (κ2) is 7.83. The third-order valence-corrected chi connectivity index (χ3v) is 2.97. The Kier molecular flexibility index (Phi) is 6.41. The number of amides is 4. The van der Waals surface area contributed by atoms with Gasteiger partial charge in [0.05, 0.1) is 6.61 Å². The van der Waals surface area contributed by atoms with Crippen molar-refractivity contribution in [2.75, 3.05) is 25.6 Å². The summed E-state index contributed by atoms with van der Waals surface area (Å²) < 4.78 is 4.89. The number of piperidine rings is 1. The number of carbonyl (C=O) groups is 3. The van der Waals surface area contributed by atoms with Crippen molar-refractivity contribution in [1.82, 2.24) is 15.5 Å². The van der Waals surface area contributed by atoms with E-state index < -0.39 is 11.9 Å². The maximum atomic E-state index is 11.5. The van der Waals surface area contributed by atoms with E-state index in [1.807, 2.05) is 0 Å². The Morgan fingerprint density at radius 3 is 2.47 bits per heavy atom. The number of ether oxygens (including phenoxy) is 1. The van der Waals surface area contributed by atoms with Gasteiger partial charge in [0.1, 0.15) is 5.88 Å². The van der Waals surface area contributed by atoms with Crippen LogP contribution in [0.4, 0.5) is 9.59 Å². The zero-order valence-electron chi connectivity index (χ0n) is 10.8. The highest BCUT2D eigenvalue weighted by molar-refractivity contribution is 6.28. The van der Waals surface area contributed by atoms with Crippen molar-refractivity contribution in [1.29, 1.82) is 0 Å². The number of halogens is 1. The monoisotopic (exact) mass is 291 g/mol. The molecule has 0 spiro atoms. The summed E-state index contributed by atoms with van der Waals surface area (Å²) in [4.78, 5) is 35.4. The predicted molar refractivity (Wildman–Crippen MR) is 69.0 cm³/mol. The van der Waals surface area contributed by atoms with Gasteiger partial charge in [0, 0.05) is 19.1 Å². The van der Waals surface area contributed by atoms with Crippen LogP contribution in [0.15, 0.2) is 0 Å². The summed E-state index contributed by atoms with van der Waals surface area (Å²) in [5.41, 5.74) is 0. The number of hydrogen-bond donors (Lipinski definition) is 2. The zero-order valence-corrected chi connectivity index (χ0v) is 11.5. The van der Waals surface area contributed by atoms with Crippen molar-refractivity contribution >= 4 is 29.6 Å². The van der Waals surface area contributed by atoms with Crippen LogP contribution < -0.4 is 10.6 Å². The molecule has 0 aliphatic carbocycles. The van der Waals surface area contributed by atoms with E-state index in [0.717, 1.165) is 0 Å². The summed E-state index contributed by atoms with van der Waals surface area (Å²) in [7, 11) is 0. The fraction of sp³-hybridized carbons (Fsp3) is 0.727. The Morgan fingerprint density at radius 1 is 1.32 bits per heavy atom. The van der Waals surface area contributed by atoms with Gasteiger partial charge in [0.2, 0.25) is 5.91 Å². The lowest BCUT2D eigenvalue weighted by atomic mass is 10.1. The number of rotatable bonds is 3. The Balaban J connectivity index is 2.28. The van der Waals surface area contributed by atoms with Crippen LogP contribution in [0.2, 0.25) is 0 Å². The van der Waals surface area contributed by atoms with Crippen LogP contribution in [-0.4, -0.2) is 54.5 Å². The van der Waals surface area contributed by atoms with Crippen LogP contribution >= 0.6 is 11.6 Å². The molecule has 1 aliphatic rings. The van der Waals surface area contributed by atoms with Gasteiger partial charge in [0.15, 0.2) is 0 Å². The first-order chi connectivity index (χ1) is 9.06. The first-order valence-electron chi connectivity index (χ1n) is 6.14. The van der Waals surface area contributed by atoms with E-state index >= 15 is 0 Å². The molecule has 7 nitrogen and oxygen atoms in total. The third-order valence-electron chi connectivity index (χ3n) is 2.73. The normalized spacial score (nSPS) is 15.8. The zero-order chi connectivity index (χ0) is 14.3. The van der Waals surface area contributed by atoms with Gasteiger partial charge >= 0.3 is 12.1 Å². The van der Waals surface area contributed by atoms with Gasteiger partial charge in [-0.3, -0.25) is 10.1 Å². The molecule has 19 heavy (non-hydrogen) atoms. The van der Waals surface area contributed by atoms with Crippen molar-refractivity contribution in [3.63, 3.8) is 0 Å². The highest BCUT2D eigenvalue weighted by Gasteiger charge is 2.24. The standard InChI is InChI=1S/C11H18ClN3O4/c1-2-19-11(18)15-5-3-8(4-6-15)13-10(17)14-9(16)7-12/h8H,2-7H2,1H3,(H2,13,14,16,17). The average molecular weight is 292 g/mol. The van der Waals surface area contributed by atoms with Gasteiger partial charge in [-0.05, 0) is 19.8 Å². The fourth-order valence-electron chi connectivity index (χ4n) is 1.80. The number of hydrogen-bond acceptors (Lipinski definition) is 4. The number of nitrogens with zero attached hydrogens (tertiary/aromatic N) is 1. The smallest absolute Gasteiger partial charge is 0.409 e. The molecule has 0 aromatic carbocycles. The molecule has 0 saturated carbocycles. The molecule has 0 aromatic rings. The molecule has 1 saturated heterocycles. The van der Waals surface area contributed by atoms with Crippen molar-refractivity contribution < 1.29 is 19.1 Å². The largest absolute Gasteiger partial charge is 0.450 e. The molecule has 1 aliphatic heterocycles. The van der Waals surface area contributed by atoms with Crippen LogP contribution in [0.25, 0.3) is 0 Å². The molecule has 0 unspecified atom stereocenters. The van der Waals surface area contributed by atoms with Crippen LogP contribution in [0.1, 0.15) is 19.8 Å². The maximum Gasteiger partial charge on any atom is 0.409 e. The van der Waals surface area contributed by atoms with Crippen LogP contribution in [0.3, 0.4) is 0 Å². The van der Waals surface area contributed by atoms with E-state index in [-0.39, 0.29) is 18.0 Å². The summed E-state index contributed by atoms with van der Waals surface area (Å²) in [5.74, 6) is -0.794. The highest BCUT2D eigenvalue weighted by Crippen LogP contribution is 2.11. The van der Waals surface area contributed by atoms with Crippen molar-refractivity contribution in [2.24, 2.45) is 0 Å². The van der Waals surface area contributed by atoms with E-state index in [1.54, 1.807) is 11.8 Å². The van der Waals surface area contributed by atoms with E-state index in [4.69, 9.17) is 16.3 Å². The molecule has 8 heteroatoms. The molecule has 2 N–H and O–H groups in total. The SMILES string of the molecule is CCOC(=O)N1CCC(NC(=O)NC(=O)CCl)CC1. The lowest BCUT2D eigenvalue weighted by molar-refractivity contribution is -0.117. The first-order valence-corrected chi connectivity index (χ1v) is 6.68. The second-order valence-corrected chi connectivity index (χ2v) is 4.38. The Labute approximate surface area is 116 Å². The molecule has 0 atom stereocenters. The van der Waals surface area contributed by atoms with Gasteiger partial charge in [-0.2, -0.15) is 0 Å². The molecule has 108 valence electrons. The summed E-state index contributed by atoms with van der Waals surface area (Å²) in [6.45, 7) is 3.14. The molecule has 1 heterocycles. The molecular formula is C11H18ClN3O4. The lowest BCUT2D eigenvalue weighted by Gasteiger charge is -2.31. The van der Waals surface area contributed by atoms with Gasteiger partial charge < -0.3 is 15.0 Å². The molecular weight excluding hydrogens is 274 g/mol. The van der Waals surface area contributed by atoms with Gasteiger partial charge in [-0.15, -0.1) is 11.6 Å². The average Bonchev–Trinajstić information content (AvgIpc) is 2.39. The third kappa shape index (κ3) is 5.34. The Morgan fingerprint density at radius 2 is 1.95 bits per heavy atom. The quantitative estimate of drug-likeness (QED) is 0.748. The minimum atomic E-state index is -0.555. The lowest BCUT2D eigenvalue weighted by Crippen LogP contribution is -2.50. The summed E-state index contributed by atoms with van der Waals surface area (Å²) in [6.07, 6.45) is 0.922. The van der Waals surface area contributed by atoms with E-state index in [9.17, 15) is 14.4 Å². The molecule has 0 radical (unpaired) electrons. The number of nitrogens with one attached hydrogen (secondary N) is 2. The molecule has 0 bridgehead atoms. The number of likely N-dealkylation sites (tertiary alicyclic amines) is 1. The molecule has 4 amide bonds. The summed E-state index contributed by atoms with van der Waals surface area (Å²) in [6, 6.07) is -0.617. The number of carbonyl (C=O) groups excluding carboxylic acids is 3. The van der Waals surface area contributed by atoms with Crippen LogP contribution in [0, 0.1) is 0 Å². The van der Waals surface area contributed by atoms with Crippen molar-refractivity contribution in [3.8, 4) is 0 Å². The van der Waals surface area contributed by atoms with Crippen LogP contribution in [0.5, 0.6) is 0 Å². The fourth-order valence-corrected chi connectivity index (χ4v) is 1.87. The van der Waals surface area contributed by atoms with E-state index in [1.165, 1.54) is 0 Å². The van der Waals surface area contributed by atoms with E-state index in [0.29, 0.717) is 32.5 Å². The van der Waals surface area contributed by atoms with Gasteiger partial charge in [0.25, 0.3) is 0 Å². The number of urea groups is 1. The highest BCUT2D eigenvalue weighted by atomic mass is 35.5. The molecule has 0 aromatic heterocycles. The van der Waals surface area contributed by atoms with Gasteiger partial charge in [-0.25, -0.2) is 9.59 Å². The molecule has 1 rings (SSSR count). The minimum absolute atomic E-state index is 0.0613. The van der Waals surface area contributed by atoms with E-state index in [2.05, 4.69) is 10.6 Å². The Bertz CT molecular complexity index is 343. The van der Waals surface area contributed by atoms with Crippen molar-refractivity contribution in [2.45, 2.75) is 25.8 Å². The number of alkyl halides is 1. The van der Waals surface area contributed by atoms with Crippen LogP contribution in [-0.2, 0) is 9.53 Å². The predicted octanol–water partition coefficient (Wildman–Crippen LogP) is 0.672. The minimum Gasteiger partial charge on any atom is -0.450 e. The Hall–Kier alpha value is -1.50. The maximum absolute atomic E-state index is 11.5. The topological polar surface area (TPSA) is 87.7 Å². The van der Waals surface area contributed by atoms with Crippen molar-refractivity contribution in [3.05, 3.63) is 0 Å². The molecule has 1 fully saturated rings. The summed E-state index contributed by atoms with van der Waals surface area (Å²) in [5, 5.41) is 4.77. The summed E-state index contributed by atoms with van der Waals surface area (Å²) >= 11 is 5.27. The second-order valence-electron chi connectivity index (χ2n) is 4.12. The van der Waals surface area contributed by atoms with Gasteiger partial charge in [-0.1, -0.05) is 0 Å². The number of imide groups is 1. The first kappa shape index (κ1) is 15.6.